The van der Waals surface area contributed by atoms with Crippen molar-refractivity contribution < 1.29 is 19.1 Å². The number of pyridine rings is 1. The van der Waals surface area contributed by atoms with Gasteiger partial charge in [-0.15, -0.1) is 0 Å². The molecule has 0 radical (unpaired) electrons. The van der Waals surface area contributed by atoms with Crippen LogP contribution in [0.4, 0.5) is 5.69 Å². The Balaban J connectivity index is 1.83. The van der Waals surface area contributed by atoms with Crippen molar-refractivity contribution in [3.8, 4) is 5.75 Å². The summed E-state index contributed by atoms with van der Waals surface area (Å²) in [5, 5.41) is 3.59. The Labute approximate surface area is 174 Å². The summed E-state index contributed by atoms with van der Waals surface area (Å²) in [6.07, 6.45) is -0.212. The summed E-state index contributed by atoms with van der Waals surface area (Å²) in [6.45, 7) is 5.23. The van der Waals surface area contributed by atoms with E-state index in [0.717, 1.165) is 10.9 Å². The maximum absolute atomic E-state index is 12.6. The minimum atomic E-state index is -0.423. The van der Waals surface area contributed by atoms with Gasteiger partial charge in [-0.2, -0.15) is 0 Å². The molecule has 7 nitrogen and oxygen atoms in total. The van der Waals surface area contributed by atoms with Crippen molar-refractivity contribution in [3.63, 3.8) is 0 Å². The Morgan fingerprint density at radius 3 is 2.43 bits per heavy atom. The van der Waals surface area contributed by atoms with E-state index in [1.165, 1.54) is 17.7 Å². The fourth-order valence-corrected chi connectivity index (χ4v) is 3.21. The number of anilines is 1. The average Bonchev–Trinajstić information content (AvgIpc) is 2.70. The second-order valence-electron chi connectivity index (χ2n) is 7.19. The lowest BCUT2D eigenvalue weighted by Crippen LogP contribution is -2.28. The highest BCUT2D eigenvalue weighted by molar-refractivity contribution is 5.94. The van der Waals surface area contributed by atoms with Gasteiger partial charge < -0.3 is 14.8 Å². The first-order valence-electron chi connectivity index (χ1n) is 9.58. The number of aryl methyl sites for hydroxylation is 1. The molecule has 0 bridgehead atoms. The lowest BCUT2D eigenvalue weighted by atomic mass is 10.1. The van der Waals surface area contributed by atoms with Crippen LogP contribution in [0.3, 0.4) is 0 Å². The fourth-order valence-electron chi connectivity index (χ4n) is 3.21. The molecule has 0 atom stereocenters. The first kappa shape index (κ1) is 21.1. The Kier molecular flexibility index (Phi) is 6.20. The fraction of sp³-hybridized carbons (Fsp3) is 0.261. The zero-order valence-corrected chi connectivity index (χ0v) is 17.4. The second-order valence-corrected chi connectivity index (χ2v) is 7.19. The zero-order chi connectivity index (χ0) is 21.8. The van der Waals surface area contributed by atoms with Crippen LogP contribution in [0, 0.1) is 6.92 Å². The first-order chi connectivity index (χ1) is 14.3. The molecule has 0 aliphatic rings. The highest BCUT2D eigenvalue weighted by Crippen LogP contribution is 2.26. The smallest absolute Gasteiger partial charge is 0.338 e. The summed E-state index contributed by atoms with van der Waals surface area (Å²) in [4.78, 5) is 37.1. The molecule has 1 amide bonds. The summed E-state index contributed by atoms with van der Waals surface area (Å²) in [6, 6.07) is 13.4. The predicted octanol–water partition coefficient (Wildman–Crippen LogP) is 3.52. The van der Waals surface area contributed by atoms with Crippen LogP contribution in [0.15, 0.2) is 53.3 Å². The Bertz CT molecular complexity index is 1150. The standard InChI is InChI=1S/C23H24N2O5/c1-14(2)30-23(28)16-8-10-17(11-9-16)24-20(26)13-25-21(27)12-15(3)18-6-5-7-19(29-4)22(18)25/h5-12,14H,13H2,1-4H3,(H,24,26). The normalized spacial score (nSPS) is 10.8. The largest absolute Gasteiger partial charge is 0.495 e. The molecule has 1 heterocycles. The number of hydrogen-bond acceptors (Lipinski definition) is 5. The van der Waals surface area contributed by atoms with Gasteiger partial charge >= 0.3 is 5.97 Å². The van der Waals surface area contributed by atoms with Crippen LogP contribution >= 0.6 is 0 Å². The number of esters is 1. The van der Waals surface area contributed by atoms with E-state index in [4.69, 9.17) is 9.47 Å². The first-order valence-corrected chi connectivity index (χ1v) is 9.58. The van der Waals surface area contributed by atoms with Gasteiger partial charge in [0.1, 0.15) is 12.3 Å². The van der Waals surface area contributed by atoms with Crippen molar-refractivity contribution in [1.82, 2.24) is 4.57 Å². The molecule has 7 heteroatoms. The van der Waals surface area contributed by atoms with Crippen molar-refractivity contribution in [2.45, 2.75) is 33.4 Å². The number of methoxy groups -OCH3 is 1. The number of fused-ring (bicyclic) bond motifs is 1. The van der Waals surface area contributed by atoms with E-state index >= 15 is 0 Å². The number of ether oxygens (including phenoxy) is 2. The zero-order valence-electron chi connectivity index (χ0n) is 17.4. The van der Waals surface area contributed by atoms with Gasteiger partial charge in [0.2, 0.25) is 5.91 Å². The van der Waals surface area contributed by atoms with Crippen molar-refractivity contribution in [3.05, 3.63) is 70.0 Å². The van der Waals surface area contributed by atoms with Gasteiger partial charge in [0, 0.05) is 17.1 Å². The lowest BCUT2D eigenvalue weighted by molar-refractivity contribution is -0.116. The molecule has 0 saturated heterocycles. The molecule has 0 fully saturated rings. The topological polar surface area (TPSA) is 86.6 Å². The molecule has 156 valence electrons. The second kappa shape index (κ2) is 8.82. The molecule has 0 spiro atoms. The maximum Gasteiger partial charge on any atom is 0.338 e. The van der Waals surface area contributed by atoms with E-state index in [1.54, 1.807) is 44.2 Å². The number of nitrogens with one attached hydrogen (secondary N) is 1. The maximum atomic E-state index is 12.6. The van der Waals surface area contributed by atoms with Crippen LogP contribution in [-0.2, 0) is 16.1 Å². The minimum absolute atomic E-state index is 0.173. The Morgan fingerprint density at radius 1 is 1.10 bits per heavy atom. The third kappa shape index (κ3) is 4.51. The van der Waals surface area contributed by atoms with Crippen LogP contribution < -0.4 is 15.6 Å². The number of hydrogen-bond donors (Lipinski definition) is 1. The molecule has 0 saturated carbocycles. The van der Waals surface area contributed by atoms with Gasteiger partial charge in [0.15, 0.2) is 0 Å². The molecule has 3 aromatic rings. The molecular formula is C23H24N2O5. The van der Waals surface area contributed by atoms with Crippen LogP contribution in [0.1, 0.15) is 29.8 Å². The Morgan fingerprint density at radius 2 is 1.80 bits per heavy atom. The van der Waals surface area contributed by atoms with Gasteiger partial charge in [-0.05, 0) is 56.7 Å². The minimum Gasteiger partial charge on any atom is -0.495 e. The SMILES string of the molecule is COc1cccc2c(C)cc(=O)n(CC(=O)Nc3ccc(C(=O)OC(C)C)cc3)c12. The monoisotopic (exact) mass is 408 g/mol. The van der Waals surface area contributed by atoms with Gasteiger partial charge in [0.25, 0.3) is 5.56 Å². The van der Waals surface area contributed by atoms with Crippen LogP contribution in [0.5, 0.6) is 5.75 Å². The van der Waals surface area contributed by atoms with Gasteiger partial charge in [-0.3, -0.25) is 14.2 Å². The summed E-state index contributed by atoms with van der Waals surface area (Å²) in [5.41, 5.74) is 2.01. The molecule has 1 N–H and O–H groups in total. The van der Waals surface area contributed by atoms with E-state index in [1.807, 2.05) is 19.1 Å². The van der Waals surface area contributed by atoms with Crippen LogP contribution in [0.25, 0.3) is 10.9 Å². The van der Waals surface area contributed by atoms with Crippen molar-refractivity contribution in [2.24, 2.45) is 0 Å². The molecule has 0 unspecified atom stereocenters. The van der Waals surface area contributed by atoms with Crippen molar-refractivity contribution >= 4 is 28.5 Å². The summed E-state index contributed by atoms with van der Waals surface area (Å²) in [5.74, 6) is -0.271. The number of para-hydroxylation sites is 1. The van der Waals surface area contributed by atoms with Crippen molar-refractivity contribution in [1.29, 1.82) is 0 Å². The summed E-state index contributed by atoms with van der Waals surface area (Å²) >= 11 is 0. The van der Waals surface area contributed by atoms with Gasteiger partial charge in [-0.1, -0.05) is 12.1 Å². The third-order valence-electron chi connectivity index (χ3n) is 4.57. The molecule has 3 rings (SSSR count). The molecular weight excluding hydrogens is 384 g/mol. The summed E-state index contributed by atoms with van der Waals surface area (Å²) < 4.78 is 11.9. The molecule has 1 aromatic heterocycles. The highest BCUT2D eigenvalue weighted by atomic mass is 16.5. The van der Waals surface area contributed by atoms with Gasteiger partial charge in [-0.25, -0.2) is 4.79 Å². The highest BCUT2D eigenvalue weighted by Gasteiger charge is 2.15. The number of aromatic nitrogens is 1. The van der Waals surface area contributed by atoms with E-state index in [9.17, 15) is 14.4 Å². The van der Waals surface area contributed by atoms with E-state index in [0.29, 0.717) is 22.5 Å². The summed E-state index contributed by atoms with van der Waals surface area (Å²) in [7, 11) is 1.53. The van der Waals surface area contributed by atoms with Crippen LogP contribution in [-0.4, -0.2) is 29.7 Å². The van der Waals surface area contributed by atoms with Gasteiger partial charge in [0.05, 0.1) is 24.3 Å². The van der Waals surface area contributed by atoms with E-state index < -0.39 is 5.97 Å². The van der Waals surface area contributed by atoms with E-state index in [-0.39, 0.29) is 24.1 Å². The third-order valence-corrected chi connectivity index (χ3v) is 4.57. The number of amides is 1. The van der Waals surface area contributed by atoms with Crippen molar-refractivity contribution in [2.75, 3.05) is 12.4 Å². The average molecular weight is 408 g/mol. The molecule has 0 aliphatic heterocycles. The molecule has 30 heavy (non-hydrogen) atoms. The number of nitrogens with zero attached hydrogens (tertiary/aromatic N) is 1. The number of carbonyl (C=O) groups is 2. The molecule has 0 aliphatic carbocycles. The quantitative estimate of drug-likeness (QED) is 0.631. The predicted molar refractivity (Wildman–Crippen MR) is 115 cm³/mol. The number of rotatable bonds is 6. The number of benzene rings is 2. The lowest BCUT2D eigenvalue weighted by Gasteiger charge is -2.15. The number of carbonyl (C=O) groups excluding carboxylic acids is 2. The van der Waals surface area contributed by atoms with E-state index in [2.05, 4.69) is 5.32 Å². The Hall–Kier alpha value is -3.61. The molecule has 2 aromatic carbocycles. The van der Waals surface area contributed by atoms with Crippen LogP contribution in [0.2, 0.25) is 0 Å².